The van der Waals surface area contributed by atoms with Gasteiger partial charge in [0.2, 0.25) is 0 Å². The van der Waals surface area contributed by atoms with Crippen molar-refractivity contribution in [1.29, 1.82) is 0 Å². The van der Waals surface area contributed by atoms with Gasteiger partial charge in [0.1, 0.15) is 0 Å². The van der Waals surface area contributed by atoms with Crippen molar-refractivity contribution < 1.29 is 4.42 Å². The molecule has 0 saturated heterocycles. The van der Waals surface area contributed by atoms with Crippen LogP contribution in [-0.4, -0.2) is 9.97 Å². The first-order chi connectivity index (χ1) is 6.77. The van der Waals surface area contributed by atoms with Gasteiger partial charge < -0.3 is 10.2 Å². The van der Waals surface area contributed by atoms with Crippen molar-refractivity contribution in [3.8, 4) is 11.6 Å². The van der Waals surface area contributed by atoms with E-state index in [-0.39, 0.29) is 6.04 Å². The van der Waals surface area contributed by atoms with Crippen LogP contribution in [0.15, 0.2) is 35.1 Å². The first kappa shape index (κ1) is 8.90. The highest BCUT2D eigenvalue weighted by Gasteiger charge is 2.06. The average molecular weight is 189 g/mol. The smallest absolute Gasteiger partial charge is 0.195 e. The molecule has 1 atom stereocenters. The average Bonchev–Trinajstić information content (AvgIpc) is 2.71. The quantitative estimate of drug-likeness (QED) is 0.781. The fraction of sp³-hybridized carbons (Fsp3) is 0.200. The van der Waals surface area contributed by atoms with Gasteiger partial charge in [-0.3, -0.25) is 0 Å². The molecular formula is C10H11N3O. The molecule has 2 aromatic heterocycles. The van der Waals surface area contributed by atoms with E-state index in [2.05, 4.69) is 9.97 Å². The molecule has 2 heterocycles. The van der Waals surface area contributed by atoms with E-state index in [0.29, 0.717) is 11.6 Å². The zero-order valence-electron chi connectivity index (χ0n) is 7.84. The minimum atomic E-state index is -0.0910. The lowest BCUT2D eigenvalue weighted by Gasteiger charge is -2.04. The maximum atomic E-state index is 5.72. The van der Waals surface area contributed by atoms with Gasteiger partial charge in [-0.2, -0.15) is 0 Å². The molecule has 14 heavy (non-hydrogen) atoms. The molecule has 0 aliphatic rings. The molecule has 0 fully saturated rings. The van der Waals surface area contributed by atoms with E-state index in [0.717, 1.165) is 5.69 Å². The molecule has 2 rings (SSSR count). The molecule has 2 N–H and O–H groups in total. The van der Waals surface area contributed by atoms with Crippen molar-refractivity contribution >= 4 is 0 Å². The van der Waals surface area contributed by atoms with Gasteiger partial charge in [0.15, 0.2) is 11.6 Å². The lowest BCUT2D eigenvalue weighted by Crippen LogP contribution is -2.08. The van der Waals surface area contributed by atoms with Crippen molar-refractivity contribution in [2.24, 2.45) is 5.73 Å². The Kier molecular flexibility index (Phi) is 2.28. The first-order valence-corrected chi connectivity index (χ1v) is 4.40. The summed E-state index contributed by atoms with van der Waals surface area (Å²) >= 11 is 0. The van der Waals surface area contributed by atoms with Gasteiger partial charge in [0.05, 0.1) is 12.0 Å². The second-order valence-electron chi connectivity index (χ2n) is 3.07. The van der Waals surface area contributed by atoms with Gasteiger partial charge in [0, 0.05) is 12.2 Å². The Morgan fingerprint density at radius 1 is 1.43 bits per heavy atom. The zero-order chi connectivity index (χ0) is 9.97. The molecule has 1 unspecified atom stereocenters. The highest BCUT2D eigenvalue weighted by Crippen LogP contribution is 2.16. The standard InChI is InChI=1S/C10H11N3O/c1-7(11)8-4-5-12-10(13-8)9-3-2-6-14-9/h2-7H,11H2,1H3. The van der Waals surface area contributed by atoms with E-state index in [4.69, 9.17) is 10.2 Å². The summed E-state index contributed by atoms with van der Waals surface area (Å²) in [6.07, 6.45) is 3.28. The van der Waals surface area contributed by atoms with E-state index in [1.165, 1.54) is 0 Å². The molecule has 0 aliphatic carbocycles. The number of nitrogens with zero attached hydrogens (tertiary/aromatic N) is 2. The Bertz CT molecular complexity index is 409. The second-order valence-corrected chi connectivity index (χ2v) is 3.07. The monoisotopic (exact) mass is 189 g/mol. The number of aromatic nitrogens is 2. The predicted molar refractivity (Wildman–Crippen MR) is 52.3 cm³/mol. The van der Waals surface area contributed by atoms with Gasteiger partial charge in [0.25, 0.3) is 0 Å². The van der Waals surface area contributed by atoms with Crippen LogP contribution in [0.5, 0.6) is 0 Å². The number of nitrogens with two attached hydrogens (primary N) is 1. The summed E-state index contributed by atoms with van der Waals surface area (Å²) in [7, 11) is 0. The largest absolute Gasteiger partial charge is 0.461 e. The summed E-state index contributed by atoms with van der Waals surface area (Å²) in [5, 5.41) is 0. The number of hydrogen-bond donors (Lipinski definition) is 1. The third-order valence-corrected chi connectivity index (χ3v) is 1.89. The summed E-state index contributed by atoms with van der Waals surface area (Å²) < 4.78 is 5.19. The van der Waals surface area contributed by atoms with Crippen LogP contribution in [0, 0.1) is 0 Å². The summed E-state index contributed by atoms with van der Waals surface area (Å²) in [5.74, 6) is 1.23. The van der Waals surface area contributed by atoms with E-state index in [1.807, 2.05) is 13.0 Å². The summed E-state index contributed by atoms with van der Waals surface area (Å²) in [4.78, 5) is 8.39. The number of furan rings is 1. The number of rotatable bonds is 2. The SMILES string of the molecule is CC(N)c1ccnc(-c2ccco2)n1. The van der Waals surface area contributed by atoms with Gasteiger partial charge in [-0.15, -0.1) is 0 Å². The fourth-order valence-electron chi connectivity index (χ4n) is 1.15. The summed E-state index contributed by atoms with van der Waals surface area (Å²) in [6.45, 7) is 1.88. The normalized spacial score (nSPS) is 12.7. The lowest BCUT2D eigenvalue weighted by atomic mass is 10.2. The van der Waals surface area contributed by atoms with Crippen LogP contribution in [0.1, 0.15) is 18.7 Å². The first-order valence-electron chi connectivity index (χ1n) is 4.40. The van der Waals surface area contributed by atoms with Gasteiger partial charge >= 0.3 is 0 Å². The fourth-order valence-corrected chi connectivity index (χ4v) is 1.15. The highest BCUT2D eigenvalue weighted by atomic mass is 16.3. The molecule has 4 heteroatoms. The van der Waals surface area contributed by atoms with Gasteiger partial charge in [-0.05, 0) is 25.1 Å². The third kappa shape index (κ3) is 1.65. The maximum absolute atomic E-state index is 5.72. The molecule has 0 spiro atoms. The van der Waals surface area contributed by atoms with E-state index in [1.54, 1.807) is 24.6 Å². The van der Waals surface area contributed by atoms with Crippen molar-refractivity contribution in [3.63, 3.8) is 0 Å². The van der Waals surface area contributed by atoms with Crippen LogP contribution in [-0.2, 0) is 0 Å². The molecule has 0 amide bonds. The highest BCUT2D eigenvalue weighted by molar-refractivity contribution is 5.45. The van der Waals surface area contributed by atoms with Crippen molar-refractivity contribution in [2.45, 2.75) is 13.0 Å². The minimum Gasteiger partial charge on any atom is -0.461 e. The molecule has 4 nitrogen and oxygen atoms in total. The zero-order valence-corrected chi connectivity index (χ0v) is 7.84. The number of hydrogen-bond acceptors (Lipinski definition) is 4. The molecule has 0 aromatic carbocycles. The summed E-state index contributed by atoms with van der Waals surface area (Å²) in [6, 6.07) is 5.33. The van der Waals surface area contributed by atoms with Crippen LogP contribution >= 0.6 is 0 Å². The Balaban J connectivity index is 2.41. The molecule has 0 bridgehead atoms. The predicted octanol–water partition coefficient (Wildman–Crippen LogP) is 1.76. The molecule has 0 radical (unpaired) electrons. The molecule has 72 valence electrons. The van der Waals surface area contributed by atoms with Crippen LogP contribution in [0.3, 0.4) is 0 Å². The Hall–Kier alpha value is -1.68. The second kappa shape index (κ2) is 3.59. The Morgan fingerprint density at radius 2 is 2.29 bits per heavy atom. The van der Waals surface area contributed by atoms with Crippen LogP contribution in [0.4, 0.5) is 0 Å². The molecule has 0 aliphatic heterocycles. The van der Waals surface area contributed by atoms with Gasteiger partial charge in [-0.25, -0.2) is 9.97 Å². The van der Waals surface area contributed by atoms with E-state index in [9.17, 15) is 0 Å². The Morgan fingerprint density at radius 3 is 2.93 bits per heavy atom. The maximum Gasteiger partial charge on any atom is 0.195 e. The molecular weight excluding hydrogens is 178 g/mol. The van der Waals surface area contributed by atoms with Crippen molar-refractivity contribution in [3.05, 3.63) is 36.4 Å². The Labute approximate surface area is 81.8 Å². The molecule has 2 aromatic rings. The lowest BCUT2D eigenvalue weighted by molar-refractivity contribution is 0.576. The van der Waals surface area contributed by atoms with Crippen molar-refractivity contribution in [1.82, 2.24) is 9.97 Å². The van der Waals surface area contributed by atoms with E-state index < -0.39 is 0 Å². The van der Waals surface area contributed by atoms with Crippen LogP contribution < -0.4 is 5.73 Å². The topological polar surface area (TPSA) is 64.9 Å². The molecule has 0 saturated carbocycles. The van der Waals surface area contributed by atoms with Gasteiger partial charge in [-0.1, -0.05) is 0 Å². The van der Waals surface area contributed by atoms with E-state index >= 15 is 0 Å². The summed E-state index contributed by atoms with van der Waals surface area (Å²) in [5.41, 5.74) is 6.53. The minimum absolute atomic E-state index is 0.0910. The third-order valence-electron chi connectivity index (χ3n) is 1.89. The van der Waals surface area contributed by atoms with Crippen LogP contribution in [0.2, 0.25) is 0 Å². The van der Waals surface area contributed by atoms with Crippen molar-refractivity contribution in [2.75, 3.05) is 0 Å². The van der Waals surface area contributed by atoms with Crippen LogP contribution in [0.25, 0.3) is 11.6 Å².